The molecule has 3 rings (SSSR count). The average molecular weight is 373 g/mol. The summed E-state index contributed by atoms with van der Waals surface area (Å²) in [7, 11) is 1.80. The van der Waals surface area contributed by atoms with Crippen LogP contribution in [0.25, 0.3) is 11.0 Å². The first-order chi connectivity index (χ1) is 11.2. The second-order valence-electron chi connectivity index (χ2n) is 4.98. The van der Waals surface area contributed by atoms with Crippen molar-refractivity contribution < 1.29 is 4.74 Å². The Kier molecular flexibility index (Phi) is 4.71. The summed E-state index contributed by atoms with van der Waals surface area (Å²) in [5.41, 5.74) is 2.62. The van der Waals surface area contributed by atoms with Gasteiger partial charge in [-0.25, -0.2) is 0 Å². The summed E-state index contributed by atoms with van der Waals surface area (Å²) in [5, 5.41) is 11.8. The molecule has 23 heavy (non-hydrogen) atoms. The van der Waals surface area contributed by atoms with E-state index in [0.717, 1.165) is 22.2 Å². The normalized spacial score (nSPS) is 10.8. The Morgan fingerprint density at radius 1 is 1.30 bits per heavy atom. The molecule has 0 unspecified atom stereocenters. The molecule has 0 fully saturated rings. The van der Waals surface area contributed by atoms with E-state index >= 15 is 0 Å². The molecule has 0 spiro atoms. The molecule has 0 atom stereocenters. The third-order valence-electron chi connectivity index (χ3n) is 3.48. The van der Waals surface area contributed by atoms with Gasteiger partial charge in [0, 0.05) is 0 Å². The van der Waals surface area contributed by atoms with Crippen molar-refractivity contribution in [3.63, 3.8) is 0 Å². The summed E-state index contributed by atoms with van der Waals surface area (Å²) < 4.78 is 8.02. The number of nitrogens with zero attached hydrogens (tertiary/aromatic N) is 3. The van der Waals surface area contributed by atoms with Crippen LogP contribution in [-0.4, -0.2) is 42.2 Å². The van der Waals surface area contributed by atoms with Crippen LogP contribution in [0.4, 0.5) is 5.82 Å². The van der Waals surface area contributed by atoms with E-state index in [1.807, 2.05) is 41.1 Å². The van der Waals surface area contributed by atoms with Gasteiger partial charge in [0.15, 0.2) is 0 Å². The Morgan fingerprint density at radius 2 is 2.09 bits per heavy atom. The topological polar surface area (TPSA) is 75.8 Å². The summed E-state index contributed by atoms with van der Waals surface area (Å²) in [6, 6.07) is 10.0. The number of hydrogen-bond donors (Lipinski definition) is 2. The van der Waals surface area contributed by atoms with Crippen molar-refractivity contribution in [2.75, 3.05) is 12.4 Å². The number of ether oxygens (including phenoxy) is 1. The van der Waals surface area contributed by atoms with Crippen molar-refractivity contribution in [1.29, 1.82) is 5.41 Å². The van der Waals surface area contributed by atoms with Gasteiger partial charge in [0.25, 0.3) is 0 Å². The molecule has 117 valence electrons. The van der Waals surface area contributed by atoms with Crippen LogP contribution >= 0.6 is 0 Å². The van der Waals surface area contributed by atoms with Gasteiger partial charge < -0.3 is 0 Å². The molecule has 0 saturated heterocycles. The molecule has 3 aromatic rings. The van der Waals surface area contributed by atoms with Crippen LogP contribution in [0.2, 0.25) is 0 Å². The Bertz CT molecular complexity index is 831. The van der Waals surface area contributed by atoms with Crippen molar-refractivity contribution in [2.45, 2.75) is 13.3 Å². The molecule has 0 amide bonds. The monoisotopic (exact) mass is 374 g/mol. The molecule has 0 aliphatic carbocycles. The van der Waals surface area contributed by atoms with Crippen LogP contribution in [0.5, 0.6) is 0 Å². The standard InChI is InChI=1S/C16H16N5OSe/c1-18-15-13-12(14(17)23)7-21(16(13)20-9-19-15)10-22-8-11-5-3-2-4-6-11/h2-7,9,17H,8,10H2,1H3,(H,18,19,20). The molecule has 2 aromatic heterocycles. The number of rotatable bonds is 6. The maximum absolute atomic E-state index is 7.92. The van der Waals surface area contributed by atoms with E-state index in [2.05, 4.69) is 31.3 Å². The van der Waals surface area contributed by atoms with E-state index < -0.39 is 0 Å². The second kappa shape index (κ2) is 6.91. The van der Waals surface area contributed by atoms with E-state index in [-0.39, 0.29) is 0 Å². The third kappa shape index (κ3) is 3.27. The van der Waals surface area contributed by atoms with E-state index in [1.165, 1.54) is 6.33 Å². The van der Waals surface area contributed by atoms with Crippen LogP contribution < -0.4 is 5.32 Å². The first-order valence-corrected chi connectivity index (χ1v) is 7.95. The maximum atomic E-state index is 7.92. The van der Waals surface area contributed by atoms with Crippen molar-refractivity contribution in [2.24, 2.45) is 0 Å². The summed E-state index contributed by atoms with van der Waals surface area (Å²) in [4.78, 5) is 8.56. The molecular weight excluding hydrogens is 357 g/mol. The molecule has 2 N–H and O–H groups in total. The SMILES string of the molecule is CNc1ncnc2c1c(C(=N)[Se])cn2COCc1ccccc1. The minimum atomic E-state index is 0.350. The zero-order chi connectivity index (χ0) is 16.2. The van der Waals surface area contributed by atoms with Crippen LogP contribution in [0, 0.1) is 5.41 Å². The first kappa shape index (κ1) is 15.7. The zero-order valence-corrected chi connectivity index (χ0v) is 14.3. The summed E-state index contributed by atoms with van der Waals surface area (Å²) in [5.74, 6) is 0.701. The number of aromatic nitrogens is 3. The van der Waals surface area contributed by atoms with Crippen molar-refractivity contribution in [3.05, 3.63) is 54.0 Å². The Balaban J connectivity index is 1.87. The van der Waals surface area contributed by atoms with Gasteiger partial charge in [-0.1, -0.05) is 0 Å². The quantitative estimate of drug-likeness (QED) is 0.513. The number of anilines is 1. The van der Waals surface area contributed by atoms with Gasteiger partial charge in [0.05, 0.1) is 0 Å². The van der Waals surface area contributed by atoms with Crippen LogP contribution in [0.15, 0.2) is 42.9 Å². The first-order valence-electron chi connectivity index (χ1n) is 7.10. The van der Waals surface area contributed by atoms with Crippen LogP contribution in [-0.2, 0) is 18.1 Å². The van der Waals surface area contributed by atoms with Gasteiger partial charge >= 0.3 is 142 Å². The van der Waals surface area contributed by atoms with Gasteiger partial charge in [-0.2, -0.15) is 0 Å². The summed E-state index contributed by atoms with van der Waals surface area (Å²) >= 11 is 2.74. The molecule has 6 nitrogen and oxygen atoms in total. The summed E-state index contributed by atoms with van der Waals surface area (Å²) in [6.45, 7) is 0.883. The molecule has 0 bridgehead atoms. The van der Waals surface area contributed by atoms with Crippen LogP contribution in [0.3, 0.4) is 0 Å². The molecule has 0 aliphatic heterocycles. The predicted molar refractivity (Wildman–Crippen MR) is 90.9 cm³/mol. The fourth-order valence-corrected chi connectivity index (χ4v) is 2.74. The van der Waals surface area contributed by atoms with Gasteiger partial charge in [0.2, 0.25) is 0 Å². The second-order valence-corrected chi connectivity index (χ2v) is 5.83. The molecular formula is C16H16N5OSe. The molecule has 1 aromatic carbocycles. The predicted octanol–water partition coefficient (Wildman–Crippen LogP) is 2.14. The molecule has 2 heterocycles. The van der Waals surface area contributed by atoms with E-state index in [9.17, 15) is 0 Å². The summed E-state index contributed by atoms with van der Waals surface area (Å²) in [6.07, 6.45) is 3.37. The number of fused-ring (bicyclic) bond motifs is 1. The van der Waals surface area contributed by atoms with Crippen molar-refractivity contribution in [1.82, 2.24) is 14.5 Å². The number of benzene rings is 1. The fraction of sp³-hybridized carbons (Fsp3) is 0.188. The van der Waals surface area contributed by atoms with E-state index in [1.54, 1.807) is 7.05 Å². The van der Waals surface area contributed by atoms with Crippen molar-refractivity contribution in [3.8, 4) is 0 Å². The van der Waals surface area contributed by atoms with Gasteiger partial charge in [-0.05, 0) is 0 Å². The Morgan fingerprint density at radius 3 is 2.78 bits per heavy atom. The minimum absolute atomic E-state index is 0.350. The molecule has 7 heteroatoms. The average Bonchev–Trinajstić information content (AvgIpc) is 2.95. The third-order valence-corrected chi connectivity index (χ3v) is 3.94. The van der Waals surface area contributed by atoms with E-state index in [0.29, 0.717) is 23.8 Å². The number of hydrogen-bond acceptors (Lipinski definition) is 5. The van der Waals surface area contributed by atoms with Crippen molar-refractivity contribution >= 4 is 37.5 Å². The van der Waals surface area contributed by atoms with Gasteiger partial charge in [0.1, 0.15) is 0 Å². The molecule has 1 radical (unpaired) electrons. The molecule has 0 saturated carbocycles. The Hall–Kier alpha value is -2.21. The Labute approximate surface area is 142 Å². The van der Waals surface area contributed by atoms with E-state index in [4.69, 9.17) is 10.1 Å². The van der Waals surface area contributed by atoms with Gasteiger partial charge in [-0.3, -0.25) is 0 Å². The van der Waals surface area contributed by atoms with Crippen LogP contribution in [0.1, 0.15) is 11.1 Å². The zero-order valence-electron chi connectivity index (χ0n) is 12.6. The molecule has 0 aliphatic rings. The van der Waals surface area contributed by atoms with Gasteiger partial charge in [-0.15, -0.1) is 0 Å². The number of nitrogens with one attached hydrogen (secondary N) is 2. The fourth-order valence-electron chi connectivity index (χ4n) is 2.42.